The van der Waals surface area contributed by atoms with Crippen LogP contribution in [0.5, 0.6) is 0 Å². The summed E-state index contributed by atoms with van der Waals surface area (Å²) in [5, 5.41) is 7.42. The van der Waals surface area contributed by atoms with Gasteiger partial charge in [0, 0.05) is 13.3 Å². The normalized spacial score (nSPS) is 10.9. The van der Waals surface area contributed by atoms with Gasteiger partial charge in [-0.25, -0.2) is 9.98 Å². The van der Waals surface area contributed by atoms with E-state index in [-0.39, 0.29) is 0 Å². The van der Waals surface area contributed by atoms with E-state index in [2.05, 4.69) is 9.98 Å². The lowest BCUT2D eigenvalue weighted by molar-refractivity contribution is 0.912. The van der Waals surface area contributed by atoms with Crippen molar-refractivity contribution in [3.05, 3.63) is 12.0 Å². The average molecular weight is 164 g/mol. The van der Waals surface area contributed by atoms with Crippen LogP contribution in [0.2, 0.25) is 0 Å². The lowest BCUT2D eigenvalue weighted by atomic mass is 10.3. The maximum Gasteiger partial charge on any atom is 0.161 e. The number of nitrogens with one attached hydrogen (secondary N) is 1. The molecule has 0 unspecified atom stereocenters. The van der Waals surface area contributed by atoms with Gasteiger partial charge in [0.2, 0.25) is 0 Å². The van der Waals surface area contributed by atoms with Crippen molar-refractivity contribution in [3.63, 3.8) is 0 Å². The van der Waals surface area contributed by atoms with Crippen LogP contribution >= 0.6 is 0 Å². The number of aliphatic imine (C=N–C) groups is 1. The minimum atomic E-state index is 0.441. The van der Waals surface area contributed by atoms with Crippen LogP contribution in [0.3, 0.4) is 0 Å². The standard InChI is InChI=1S/C8H12N4/c1-4-10-8-7(6(2)9)11-5-12(8)3/h4-5,9H,1-3H3. The molecule has 4 heteroatoms. The fraction of sp³-hybridized carbons (Fsp3) is 0.375. The van der Waals surface area contributed by atoms with Gasteiger partial charge in [0.15, 0.2) is 5.82 Å². The van der Waals surface area contributed by atoms with E-state index in [1.165, 1.54) is 0 Å². The highest BCUT2D eigenvalue weighted by Gasteiger charge is 2.07. The Hall–Kier alpha value is -1.45. The molecule has 0 spiro atoms. The number of nitrogens with zero attached hydrogens (tertiary/aromatic N) is 3. The molecule has 1 aromatic heterocycles. The topological polar surface area (TPSA) is 54.0 Å². The fourth-order valence-corrected chi connectivity index (χ4v) is 0.963. The molecule has 0 radical (unpaired) electrons. The van der Waals surface area contributed by atoms with Gasteiger partial charge in [-0.15, -0.1) is 0 Å². The lowest BCUT2D eigenvalue weighted by Crippen LogP contribution is -1.93. The zero-order valence-electron chi connectivity index (χ0n) is 7.50. The van der Waals surface area contributed by atoms with Crippen LogP contribution in [-0.4, -0.2) is 21.5 Å². The van der Waals surface area contributed by atoms with E-state index in [4.69, 9.17) is 5.41 Å². The molecule has 4 nitrogen and oxygen atoms in total. The van der Waals surface area contributed by atoms with Crippen molar-refractivity contribution in [3.8, 4) is 0 Å². The van der Waals surface area contributed by atoms with Gasteiger partial charge < -0.3 is 9.98 Å². The van der Waals surface area contributed by atoms with Crippen molar-refractivity contribution < 1.29 is 0 Å². The molecular formula is C8H12N4. The average Bonchev–Trinajstić information content (AvgIpc) is 2.34. The SMILES string of the molecule is CC=Nc1c(C(C)=N)ncn1C. The van der Waals surface area contributed by atoms with E-state index in [1.807, 2.05) is 14.0 Å². The zero-order chi connectivity index (χ0) is 9.14. The van der Waals surface area contributed by atoms with E-state index in [1.54, 1.807) is 24.0 Å². The van der Waals surface area contributed by atoms with Gasteiger partial charge >= 0.3 is 0 Å². The van der Waals surface area contributed by atoms with E-state index in [0.29, 0.717) is 11.4 Å². The molecule has 0 aliphatic heterocycles. The minimum absolute atomic E-state index is 0.441. The van der Waals surface area contributed by atoms with Gasteiger partial charge in [-0.2, -0.15) is 0 Å². The summed E-state index contributed by atoms with van der Waals surface area (Å²) in [4.78, 5) is 8.18. The Balaban J connectivity index is 3.21. The quantitative estimate of drug-likeness (QED) is 0.662. The van der Waals surface area contributed by atoms with Crippen LogP contribution < -0.4 is 0 Å². The predicted octanol–water partition coefficient (Wildman–Crippen LogP) is 1.53. The van der Waals surface area contributed by atoms with Crippen LogP contribution in [0, 0.1) is 5.41 Å². The molecule has 1 aromatic rings. The molecule has 64 valence electrons. The Morgan fingerprint density at radius 1 is 1.75 bits per heavy atom. The first-order valence-electron chi connectivity index (χ1n) is 3.72. The fourth-order valence-electron chi connectivity index (χ4n) is 0.963. The van der Waals surface area contributed by atoms with Crippen molar-refractivity contribution in [2.45, 2.75) is 13.8 Å². The molecule has 1 N–H and O–H groups in total. The summed E-state index contributed by atoms with van der Waals surface area (Å²) in [5.74, 6) is 0.741. The predicted molar refractivity (Wildman–Crippen MR) is 49.5 cm³/mol. The molecule has 0 amide bonds. The first-order chi connectivity index (χ1) is 5.66. The van der Waals surface area contributed by atoms with Crippen LogP contribution in [0.15, 0.2) is 11.3 Å². The Bertz CT molecular complexity index is 322. The first-order valence-corrected chi connectivity index (χ1v) is 3.72. The van der Waals surface area contributed by atoms with Crippen LogP contribution in [0.25, 0.3) is 0 Å². The maximum absolute atomic E-state index is 7.42. The van der Waals surface area contributed by atoms with Gasteiger partial charge in [-0.1, -0.05) is 0 Å². The number of aromatic nitrogens is 2. The largest absolute Gasteiger partial charge is 0.318 e. The molecule has 0 saturated heterocycles. The van der Waals surface area contributed by atoms with Crippen molar-refractivity contribution in [1.82, 2.24) is 9.55 Å². The Labute approximate surface area is 71.5 Å². The van der Waals surface area contributed by atoms with E-state index >= 15 is 0 Å². The van der Waals surface area contributed by atoms with Gasteiger partial charge in [-0.05, 0) is 13.8 Å². The molecular weight excluding hydrogens is 152 g/mol. The number of hydrogen-bond donors (Lipinski definition) is 1. The van der Waals surface area contributed by atoms with Crippen LogP contribution in [-0.2, 0) is 7.05 Å². The second-order valence-electron chi connectivity index (χ2n) is 2.54. The number of rotatable bonds is 2. The molecule has 0 saturated carbocycles. The minimum Gasteiger partial charge on any atom is -0.318 e. The third kappa shape index (κ3) is 1.42. The molecule has 12 heavy (non-hydrogen) atoms. The number of aryl methyl sites for hydroxylation is 1. The first kappa shape index (κ1) is 8.64. The monoisotopic (exact) mass is 164 g/mol. The molecule has 0 fully saturated rings. The zero-order valence-corrected chi connectivity index (χ0v) is 7.50. The molecule has 0 aliphatic carbocycles. The second kappa shape index (κ2) is 3.30. The molecule has 1 heterocycles. The summed E-state index contributed by atoms with van der Waals surface area (Å²) in [6.45, 7) is 3.55. The summed E-state index contributed by atoms with van der Waals surface area (Å²) < 4.78 is 1.80. The highest BCUT2D eigenvalue weighted by molar-refractivity contribution is 5.98. The Morgan fingerprint density at radius 2 is 2.42 bits per heavy atom. The third-order valence-electron chi connectivity index (χ3n) is 1.51. The molecule has 1 rings (SSSR count). The highest BCUT2D eigenvalue weighted by atomic mass is 15.1. The van der Waals surface area contributed by atoms with E-state index < -0.39 is 0 Å². The summed E-state index contributed by atoms with van der Waals surface area (Å²) in [6, 6.07) is 0. The van der Waals surface area contributed by atoms with Gasteiger partial charge in [0.05, 0.1) is 12.0 Å². The molecule has 0 aromatic carbocycles. The smallest absolute Gasteiger partial charge is 0.161 e. The number of imidazole rings is 1. The summed E-state index contributed by atoms with van der Waals surface area (Å²) >= 11 is 0. The van der Waals surface area contributed by atoms with Crippen molar-refractivity contribution >= 4 is 17.7 Å². The summed E-state index contributed by atoms with van der Waals surface area (Å²) in [5.41, 5.74) is 1.09. The molecule has 0 bridgehead atoms. The summed E-state index contributed by atoms with van der Waals surface area (Å²) in [6.07, 6.45) is 3.36. The van der Waals surface area contributed by atoms with Crippen LogP contribution in [0.4, 0.5) is 5.82 Å². The second-order valence-corrected chi connectivity index (χ2v) is 2.54. The molecule has 0 atom stereocenters. The van der Waals surface area contributed by atoms with Gasteiger partial charge in [-0.3, -0.25) is 0 Å². The van der Waals surface area contributed by atoms with Gasteiger partial charge in [0.1, 0.15) is 5.69 Å². The maximum atomic E-state index is 7.42. The Kier molecular flexibility index (Phi) is 2.38. The van der Waals surface area contributed by atoms with Gasteiger partial charge in [0.25, 0.3) is 0 Å². The van der Waals surface area contributed by atoms with E-state index in [0.717, 1.165) is 5.82 Å². The van der Waals surface area contributed by atoms with Crippen molar-refractivity contribution in [2.24, 2.45) is 12.0 Å². The van der Waals surface area contributed by atoms with E-state index in [9.17, 15) is 0 Å². The van der Waals surface area contributed by atoms with Crippen LogP contribution in [0.1, 0.15) is 19.5 Å². The number of hydrogen-bond acceptors (Lipinski definition) is 3. The highest BCUT2D eigenvalue weighted by Crippen LogP contribution is 2.16. The Morgan fingerprint density at radius 3 is 2.92 bits per heavy atom. The third-order valence-corrected chi connectivity index (χ3v) is 1.51. The summed E-state index contributed by atoms with van der Waals surface area (Å²) in [7, 11) is 1.86. The lowest BCUT2D eigenvalue weighted by Gasteiger charge is -1.96. The van der Waals surface area contributed by atoms with Crippen molar-refractivity contribution in [1.29, 1.82) is 5.41 Å². The molecule has 0 aliphatic rings. The van der Waals surface area contributed by atoms with Crippen molar-refractivity contribution in [2.75, 3.05) is 0 Å².